The highest BCUT2D eigenvalue weighted by atomic mass is 79.9. The molecule has 4 heteroatoms. The zero-order chi connectivity index (χ0) is 9.14. The van der Waals surface area contributed by atoms with Gasteiger partial charge in [0.1, 0.15) is 11.6 Å². The summed E-state index contributed by atoms with van der Waals surface area (Å²) in [6.07, 6.45) is 0.565. The molecule has 0 heterocycles. The third-order valence-electron chi connectivity index (χ3n) is 1.38. The Kier molecular flexibility index (Phi) is 2.81. The summed E-state index contributed by atoms with van der Waals surface area (Å²) < 4.78 is 18.0. The van der Waals surface area contributed by atoms with E-state index < -0.39 is 5.82 Å². The fourth-order valence-electron chi connectivity index (χ4n) is 0.819. The van der Waals surface area contributed by atoms with E-state index in [9.17, 15) is 9.18 Å². The molecule has 2 nitrogen and oxygen atoms in total. The largest absolute Gasteiger partial charge is 0.495 e. The summed E-state index contributed by atoms with van der Waals surface area (Å²) in [4.78, 5) is 10.4. The summed E-state index contributed by atoms with van der Waals surface area (Å²) in [7, 11) is 1.41. The van der Waals surface area contributed by atoms with Gasteiger partial charge in [-0.05, 0) is 22.0 Å². The van der Waals surface area contributed by atoms with Crippen LogP contribution in [0.3, 0.4) is 0 Å². The Bertz CT molecular complexity index is 312. The van der Waals surface area contributed by atoms with Crippen LogP contribution in [-0.2, 0) is 0 Å². The first-order valence-corrected chi connectivity index (χ1v) is 3.96. The van der Waals surface area contributed by atoms with Gasteiger partial charge in [-0.15, -0.1) is 0 Å². The van der Waals surface area contributed by atoms with E-state index in [-0.39, 0.29) is 5.56 Å². The lowest BCUT2D eigenvalue weighted by atomic mass is 10.2. The third-order valence-corrected chi connectivity index (χ3v) is 2.23. The van der Waals surface area contributed by atoms with Crippen LogP contribution in [0.4, 0.5) is 4.39 Å². The van der Waals surface area contributed by atoms with Crippen LogP contribution in [0.2, 0.25) is 0 Å². The Morgan fingerprint density at radius 2 is 2.25 bits per heavy atom. The summed E-state index contributed by atoms with van der Waals surface area (Å²) in [6.45, 7) is 0. The van der Waals surface area contributed by atoms with Gasteiger partial charge in [0.15, 0.2) is 6.29 Å². The number of ether oxygens (including phenoxy) is 1. The fourth-order valence-corrected chi connectivity index (χ4v) is 1.30. The molecule has 0 N–H and O–H groups in total. The van der Waals surface area contributed by atoms with Gasteiger partial charge in [0.25, 0.3) is 0 Å². The maximum atomic E-state index is 12.7. The molecule has 1 aromatic rings. The molecule has 0 unspecified atom stereocenters. The predicted molar refractivity (Wildman–Crippen MR) is 46.0 cm³/mol. The zero-order valence-electron chi connectivity index (χ0n) is 6.30. The molecule has 64 valence electrons. The van der Waals surface area contributed by atoms with Crippen molar-refractivity contribution in [2.75, 3.05) is 7.11 Å². The van der Waals surface area contributed by atoms with E-state index in [1.165, 1.54) is 13.2 Å². The van der Waals surface area contributed by atoms with Crippen molar-refractivity contribution in [1.29, 1.82) is 0 Å². The molecular weight excluding hydrogens is 227 g/mol. The van der Waals surface area contributed by atoms with Crippen molar-refractivity contribution in [2.24, 2.45) is 0 Å². The molecule has 0 aliphatic heterocycles. The van der Waals surface area contributed by atoms with Crippen molar-refractivity contribution < 1.29 is 13.9 Å². The summed E-state index contributed by atoms with van der Waals surface area (Å²) in [5, 5.41) is 0. The molecule has 1 aromatic carbocycles. The molecule has 1 rings (SSSR count). The number of rotatable bonds is 2. The minimum Gasteiger partial charge on any atom is -0.495 e. The summed E-state index contributed by atoms with van der Waals surface area (Å²) in [5.41, 5.74) is 0.242. The van der Waals surface area contributed by atoms with Crippen LogP contribution in [0, 0.1) is 5.82 Å². The average Bonchev–Trinajstić information content (AvgIpc) is 2.08. The molecule has 0 saturated heterocycles. The Labute approximate surface area is 77.5 Å². The first kappa shape index (κ1) is 9.19. The molecule has 0 amide bonds. The minimum absolute atomic E-state index is 0.242. The lowest BCUT2D eigenvalue weighted by molar-refractivity contribution is 0.112. The molecular formula is C8H6BrFO2. The molecule has 0 bridgehead atoms. The van der Waals surface area contributed by atoms with Crippen molar-refractivity contribution >= 4 is 22.2 Å². The van der Waals surface area contributed by atoms with Crippen LogP contribution in [0.5, 0.6) is 5.75 Å². The molecule has 0 aliphatic rings. The number of halogens is 2. The van der Waals surface area contributed by atoms with Gasteiger partial charge >= 0.3 is 0 Å². The molecule has 0 aliphatic carbocycles. The van der Waals surface area contributed by atoms with Gasteiger partial charge in [-0.25, -0.2) is 4.39 Å². The van der Waals surface area contributed by atoms with Crippen LogP contribution in [0.25, 0.3) is 0 Å². The number of hydrogen-bond acceptors (Lipinski definition) is 2. The van der Waals surface area contributed by atoms with Crippen molar-refractivity contribution in [3.05, 3.63) is 28.0 Å². The SMILES string of the molecule is COc1cc(F)cc(C=O)c1Br. The van der Waals surface area contributed by atoms with Crippen molar-refractivity contribution in [2.45, 2.75) is 0 Å². The Morgan fingerprint density at radius 1 is 1.58 bits per heavy atom. The van der Waals surface area contributed by atoms with Crippen LogP contribution >= 0.6 is 15.9 Å². The van der Waals surface area contributed by atoms with Crippen LogP contribution in [0.15, 0.2) is 16.6 Å². The summed E-state index contributed by atoms with van der Waals surface area (Å²) in [5.74, 6) is -0.172. The van der Waals surface area contributed by atoms with E-state index in [1.807, 2.05) is 0 Å². The lowest BCUT2D eigenvalue weighted by Crippen LogP contribution is -1.91. The fraction of sp³-hybridized carbons (Fsp3) is 0.125. The van der Waals surface area contributed by atoms with Crippen LogP contribution < -0.4 is 4.74 Å². The summed E-state index contributed by atoms with van der Waals surface area (Å²) >= 11 is 3.11. The maximum absolute atomic E-state index is 12.7. The van der Waals surface area contributed by atoms with E-state index >= 15 is 0 Å². The van der Waals surface area contributed by atoms with E-state index in [2.05, 4.69) is 15.9 Å². The first-order chi connectivity index (χ1) is 5.69. The van der Waals surface area contributed by atoms with E-state index in [0.29, 0.717) is 16.5 Å². The van der Waals surface area contributed by atoms with Crippen molar-refractivity contribution in [3.8, 4) is 5.75 Å². The number of hydrogen-bond donors (Lipinski definition) is 0. The predicted octanol–water partition coefficient (Wildman–Crippen LogP) is 2.41. The molecule has 0 atom stereocenters. The summed E-state index contributed by atoms with van der Waals surface area (Å²) in [6, 6.07) is 2.34. The van der Waals surface area contributed by atoms with Gasteiger partial charge < -0.3 is 4.74 Å². The van der Waals surface area contributed by atoms with Gasteiger partial charge in [-0.1, -0.05) is 0 Å². The van der Waals surface area contributed by atoms with Gasteiger partial charge in [0.2, 0.25) is 0 Å². The number of methoxy groups -OCH3 is 1. The molecule has 0 radical (unpaired) electrons. The van der Waals surface area contributed by atoms with Gasteiger partial charge in [0.05, 0.1) is 11.6 Å². The second kappa shape index (κ2) is 3.67. The minimum atomic E-state index is -0.489. The van der Waals surface area contributed by atoms with Crippen molar-refractivity contribution in [3.63, 3.8) is 0 Å². The van der Waals surface area contributed by atoms with E-state index in [4.69, 9.17) is 4.74 Å². The van der Waals surface area contributed by atoms with Crippen LogP contribution in [0.1, 0.15) is 10.4 Å². The number of benzene rings is 1. The Morgan fingerprint density at radius 3 is 2.75 bits per heavy atom. The standard InChI is InChI=1S/C8H6BrFO2/c1-12-7-3-6(10)2-5(4-11)8(7)9/h2-4H,1H3. The first-order valence-electron chi connectivity index (χ1n) is 3.17. The highest BCUT2D eigenvalue weighted by Crippen LogP contribution is 2.28. The molecule has 0 fully saturated rings. The number of carbonyl (C=O) groups excluding carboxylic acids is 1. The highest BCUT2D eigenvalue weighted by Gasteiger charge is 2.07. The molecule has 0 aromatic heterocycles. The second-order valence-electron chi connectivity index (χ2n) is 2.13. The third kappa shape index (κ3) is 1.64. The highest BCUT2D eigenvalue weighted by molar-refractivity contribution is 9.10. The van der Waals surface area contributed by atoms with Gasteiger partial charge in [-0.2, -0.15) is 0 Å². The van der Waals surface area contributed by atoms with Gasteiger partial charge in [0, 0.05) is 11.6 Å². The normalized spacial score (nSPS) is 9.58. The Balaban J connectivity index is 3.31. The topological polar surface area (TPSA) is 26.3 Å². The smallest absolute Gasteiger partial charge is 0.151 e. The van der Waals surface area contributed by atoms with E-state index in [1.54, 1.807) is 0 Å². The molecule has 12 heavy (non-hydrogen) atoms. The number of aldehydes is 1. The second-order valence-corrected chi connectivity index (χ2v) is 2.92. The van der Waals surface area contributed by atoms with E-state index in [0.717, 1.165) is 6.07 Å². The average molecular weight is 233 g/mol. The monoisotopic (exact) mass is 232 g/mol. The van der Waals surface area contributed by atoms with Crippen molar-refractivity contribution in [1.82, 2.24) is 0 Å². The maximum Gasteiger partial charge on any atom is 0.151 e. The lowest BCUT2D eigenvalue weighted by Gasteiger charge is -2.04. The Hall–Kier alpha value is -0.900. The molecule has 0 saturated carbocycles. The zero-order valence-corrected chi connectivity index (χ0v) is 7.89. The number of carbonyl (C=O) groups is 1. The van der Waals surface area contributed by atoms with Gasteiger partial charge in [-0.3, -0.25) is 4.79 Å². The molecule has 0 spiro atoms. The van der Waals surface area contributed by atoms with Crippen LogP contribution in [-0.4, -0.2) is 13.4 Å². The quantitative estimate of drug-likeness (QED) is 0.733.